The minimum atomic E-state index is 0.506. The first-order chi connectivity index (χ1) is 7.29. The van der Waals surface area contributed by atoms with Crippen molar-refractivity contribution in [3.05, 3.63) is 29.3 Å². The molecule has 15 heavy (non-hydrogen) atoms. The monoisotopic (exact) mass is 203 g/mol. The predicted molar refractivity (Wildman–Crippen MR) is 62.6 cm³/mol. The van der Waals surface area contributed by atoms with Crippen molar-refractivity contribution in [3.63, 3.8) is 0 Å². The fraction of sp³-hybridized carbons (Fsp3) is 0.385. The molecule has 0 fully saturated rings. The third-order valence-corrected chi connectivity index (χ3v) is 2.23. The van der Waals surface area contributed by atoms with E-state index in [9.17, 15) is 0 Å². The van der Waals surface area contributed by atoms with Crippen molar-refractivity contribution in [3.8, 4) is 18.1 Å². The molecular formula is C13H17NO. The first-order valence-corrected chi connectivity index (χ1v) is 5.14. The fourth-order valence-electron chi connectivity index (χ4n) is 1.43. The van der Waals surface area contributed by atoms with Crippen LogP contribution in [0.25, 0.3) is 0 Å². The average molecular weight is 203 g/mol. The van der Waals surface area contributed by atoms with E-state index in [-0.39, 0.29) is 0 Å². The largest absolute Gasteiger partial charge is 0.493 e. The molecule has 0 spiro atoms. The number of terminal acetylenes is 1. The van der Waals surface area contributed by atoms with Gasteiger partial charge in [0.1, 0.15) is 5.75 Å². The topological polar surface area (TPSA) is 35.2 Å². The molecule has 80 valence electrons. The van der Waals surface area contributed by atoms with E-state index in [1.807, 2.05) is 25.1 Å². The molecule has 0 aromatic heterocycles. The number of unbranched alkanes of at least 4 members (excludes halogenated alkanes) is 1. The normalized spacial score (nSPS) is 9.67. The number of ether oxygens (including phenoxy) is 1. The summed E-state index contributed by atoms with van der Waals surface area (Å²) < 4.78 is 5.69. The molecule has 0 bridgehead atoms. The van der Waals surface area contributed by atoms with E-state index in [1.54, 1.807) is 0 Å². The van der Waals surface area contributed by atoms with Crippen LogP contribution in [-0.2, 0) is 6.54 Å². The summed E-state index contributed by atoms with van der Waals surface area (Å²) in [5.41, 5.74) is 7.81. The van der Waals surface area contributed by atoms with Gasteiger partial charge in [-0.2, -0.15) is 0 Å². The standard InChI is InChI=1S/C13H17NO/c1-3-4-5-9-15-13-11(2)7-6-8-12(13)10-14/h1,6-8H,4-5,9-10,14H2,2H3. The van der Waals surface area contributed by atoms with Crippen molar-refractivity contribution >= 4 is 0 Å². The first-order valence-electron chi connectivity index (χ1n) is 5.14. The Hall–Kier alpha value is -1.46. The third-order valence-electron chi connectivity index (χ3n) is 2.23. The van der Waals surface area contributed by atoms with E-state index in [4.69, 9.17) is 16.9 Å². The minimum Gasteiger partial charge on any atom is -0.493 e. The highest BCUT2D eigenvalue weighted by Crippen LogP contribution is 2.23. The number of hydrogen-bond acceptors (Lipinski definition) is 2. The number of para-hydroxylation sites is 1. The average Bonchev–Trinajstić information content (AvgIpc) is 2.26. The summed E-state index contributed by atoms with van der Waals surface area (Å²) in [7, 11) is 0. The summed E-state index contributed by atoms with van der Waals surface area (Å²) in [6, 6.07) is 6.00. The minimum absolute atomic E-state index is 0.506. The van der Waals surface area contributed by atoms with Crippen LogP contribution in [-0.4, -0.2) is 6.61 Å². The van der Waals surface area contributed by atoms with E-state index >= 15 is 0 Å². The van der Waals surface area contributed by atoms with Crippen LogP contribution in [0.5, 0.6) is 5.75 Å². The lowest BCUT2D eigenvalue weighted by atomic mass is 10.1. The molecule has 2 heteroatoms. The van der Waals surface area contributed by atoms with Gasteiger partial charge in [-0.05, 0) is 18.9 Å². The lowest BCUT2D eigenvalue weighted by Gasteiger charge is -2.12. The second kappa shape index (κ2) is 6.10. The summed E-state index contributed by atoms with van der Waals surface area (Å²) in [6.07, 6.45) is 6.81. The molecule has 2 N–H and O–H groups in total. The lowest BCUT2D eigenvalue weighted by Crippen LogP contribution is -2.05. The molecule has 0 saturated carbocycles. The summed E-state index contributed by atoms with van der Waals surface area (Å²) in [4.78, 5) is 0. The molecule has 0 amide bonds. The molecular weight excluding hydrogens is 186 g/mol. The fourth-order valence-corrected chi connectivity index (χ4v) is 1.43. The number of hydrogen-bond donors (Lipinski definition) is 1. The Bertz CT molecular complexity index is 352. The lowest BCUT2D eigenvalue weighted by molar-refractivity contribution is 0.308. The Balaban J connectivity index is 2.63. The Labute approximate surface area is 91.4 Å². The van der Waals surface area contributed by atoms with Gasteiger partial charge in [-0.1, -0.05) is 18.2 Å². The van der Waals surface area contributed by atoms with Crippen LogP contribution in [0.4, 0.5) is 0 Å². The quantitative estimate of drug-likeness (QED) is 0.588. The summed E-state index contributed by atoms with van der Waals surface area (Å²) >= 11 is 0. The Morgan fingerprint density at radius 1 is 1.47 bits per heavy atom. The van der Waals surface area contributed by atoms with E-state index in [2.05, 4.69) is 5.92 Å². The van der Waals surface area contributed by atoms with Gasteiger partial charge in [-0.3, -0.25) is 0 Å². The molecule has 0 unspecified atom stereocenters. The van der Waals surface area contributed by atoms with Crippen molar-refractivity contribution in [2.45, 2.75) is 26.3 Å². The Morgan fingerprint density at radius 2 is 2.27 bits per heavy atom. The molecule has 0 heterocycles. The zero-order chi connectivity index (χ0) is 11.1. The van der Waals surface area contributed by atoms with Gasteiger partial charge >= 0.3 is 0 Å². The summed E-state index contributed by atoms with van der Waals surface area (Å²) in [5.74, 6) is 3.51. The van der Waals surface area contributed by atoms with Crippen molar-refractivity contribution < 1.29 is 4.74 Å². The Kier molecular flexibility index (Phi) is 4.73. The van der Waals surface area contributed by atoms with Crippen LogP contribution in [0.2, 0.25) is 0 Å². The van der Waals surface area contributed by atoms with E-state index in [1.165, 1.54) is 0 Å². The molecule has 1 aromatic carbocycles. The summed E-state index contributed by atoms with van der Waals surface area (Å²) in [5, 5.41) is 0. The van der Waals surface area contributed by atoms with Crippen LogP contribution >= 0.6 is 0 Å². The SMILES string of the molecule is C#CCCCOc1c(C)cccc1CN. The van der Waals surface area contributed by atoms with Crippen molar-refractivity contribution in [1.29, 1.82) is 0 Å². The molecule has 0 aliphatic carbocycles. The number of benzene rings is 1. The van der Waals surface area contributed by atoms with Crippen LogP contribution in [0.1, 0.15) is 24.0 Å². The number of nitrogens with two attached hydrogens (primary N) is 1. The van der Waals surface area contributed by atoms with Gasteiger partial charge in [0.15, 0.2) is 0 Å². The van der Waals surface area contributed by atoms with Crippen LogP contribution in [0, 0.1) is 19.3 Å². The summed E-state index contributed by atoms with van der Waals surface area (Å²) in [6.45, 7) is 3.18. The Morgan fingerprint density at radius 3 is 2.93 bits per heavy atom. The molecule has 1 rings (SSSR count). The van der Waals surface area contributed by atoms with Gasteiger partial charge in [-0.25, -0.2) is 0 Å². The molecule has 1 aromatic rings. The zero-order valence-corrected chi connectivity index (χ0v) is 9.12. The van der Waals surface area contributed by atoms with Gasteiger partial charge < -0.3 is 10.5 Å². The maximum Gasteiger partial charge on any atom is 0.126 e. The second-order valence-corrected chi connectivity index (χ2v) is 3.42. The first kappa shape index (κ1) is 11.6. The van der Waals surface area contributed by atoms with Gasteiger partial charge in [0.2, 0.25) is 0 Å². The van der Waals surface area contributed by atoms with Crippen LogP contribution < -0.4 is 10.5 Å². The van der Waals surface area contributed by atoms with Crippen LogP contribution in [0.15, 0.2) is 18.2 Å². The molecule has 0 aliphatic rings. The van der Waals surface area contributed by atoms with E-state index in [0.717, 1.165) is 29.7 Å². The zero-order valence-electron chi connectivity index (χ0n) is 9.12. The molecule has 2 nitrogen and oxygen atoms in total. The van der Waals surface area contributed by atoms with Gasteiger partial charge in [0.25, 0.3) is 0 Å². The predicted octanol–water partition coefficient (Wildman–Crippen LogP) is 2.25. The smallest absolute Gasteiger partial charge is 0.126 e. The van der Waals surface area contributed by atoms with Gasteiger partial charge in [0, 0.05) is 18.5 Å². The number of rotatable bonds is 5. The van der Waals surface area contributed by atoms with Crippen molar-refractivity contribution in [2.75, 3.05) is 6.61 Å². The molecule has 0 atom stereocenters. The van der Waals surface area contributed by atoms with Crippen molar-refractivity contribution in [1.82, 2.24) is 0 Å². The maximum atomic E-state index is 5.69. The van der Waals surface area contributed by atoms with Crippen molar-refractivity contribution in [2.24, 2.45) is 5.73 Å². The highest BCUT2D eigenvalue weighted by molar-refractivity contribution is 5.40. The molecule has 0 radical (unpaired) electrons. The number of aryl methyl sites for hydroxylation is 1. The highest BCUT2D eigenvalue weighted by Gasteiger charge is 2.04. The van der Waals surface area contributed by atoms with E-state index < -0.39 is 0 Å². The van der Waals surface area contributed by atoms with Gasteiger partial charge in [-0.15, -0.1) is 12.3 Å². The maximum absolute atomic E-state index is 5.69. The van der Waals surface area contributed by atoms with E-state index in [0.29, 0.717) is 13.2 Å². The van der Waals surface area contributed by atoms with Gasteiger partial charge in [0.05, 0.1) is 6.61 Å². The van der Waals surface area contributed by atoms with Crippen LogP contribution in [0.3, 0.4) is 0 Å². The third kappa shape index (κ3) is 3.30. The molecule has 0 saturated heterocycles. The molecule has 0 aliphatic heterocycles. The second-order valence-electron chi connectivity index (χ2n) is 3.42. The highest BCUT2D eigenvalue weighted by atomic mass is 16.5.